The van der Waals surface area contributed by atoms with Gasteiger partial charge in [0, 0.05) is 27.8 Å². The molecule has 24 heavy (non-hydrogen) atoms. The van der Waals surface area contributed by atoms with Crippen molar-refractivity contribution < 1.29 is 4.74 Å². The van der Waals surface area contributed by atoms with Crippen LogP contribution >= 0.6 is 27.5 Å². The van der Waals surface area contributed by atoms with E-state index in [9.17, 15) is 5.26 Å². The molecular weight excluding hydrogens is 390 g/mol. The second-order valence-corrected chi connectivity index (χ2v) is 6.57. The maximum absolute atomic E-state index is 9.44. The number of ether oxygens (including phenoxy) is 1. The van der Waals surface area contributed by atoms with E-state index in [0.717, 1.165) is 26.6 Å². The number of fused-ring (bicyclic) bond motifs is 1. The summed E-state index contributed by atoms with van der Waals surface area (Å²) in [6, 6.07) is 11.6. The predicted octanol–water partition coefficient (Wildman–Crippen LogP) is 5.58. The summed E-state index contributed by atoms with van der Waals surface area (Å²) in [5.74, 6) is 0.574. The highest BCUT2D eigenvalue weighted by molar-refractivity contribution is 9.10. The SMILES string of the molecule is COc1cc(Nc2c(C#N)cnc3cc(Br)ccc23)c(C)cc1Cl. The molecule has 0 unspecified atom stereocenters. The Balaban J connectivity index is 2.18. The van der Waals surface area contributed by atoms with Gasteiger partial charge in [0.25, 0.3) is 0 Å². The Bertz CT molecular complexity index is 982. The first-order valence-electron chi connectivity index (χ1n) is 7.13. The number of nitriles is 1. The van der Waals surface area contributed by atoms with Crippen LogP contribution in [0.25, 0.3) is 10.9 Å². The third-order valence-electron chi connectivity index (χ3n) is 3.71. The lowest BCUT2D eigenvalue weighted by Gasteiger charge is -2.15. The molecule has 0 amide bonds. The van der Waals surface area contributed by atoms with E-state index in [0.29, 0.717) is 22.0 Å². The molecule has 0 aliphatic carbocycles. The predicted molar refractivity (Wildman–Crippen MR) is 100 cm³/mol. The van der Waals surface area contributed by atoms with E-state index in [4.69, 9.17) is 16.3 Å². The number of hydrogen-bond donors (Lipinski definition) is 1. The van der Waals surface area contributed by atoms with Crippen LogP contribution in [0.2, 0.25) is 5.02 Å². The molecule has 120 valence electrons. The summed E-state index contributed by atoms with van der Waals surface area (Å²) in [6.45, 7) is 1.94. The Morgan fingerprint density at radius 3 is 2.79 bits per heavy atom. The molecule has 2 aromatic carbocycles. The van der Waals surface area contributed by atoms with E-state index in [1.807, 2.05) is 37.3 Å². The molecule has 0 bridgehead atoms. The van der Waals surface area contributed by atoms with Crippen molar-refractivity contribution in [2.75, 3.05) is 12.4 Å². The zero-order valence-electron chi connectivity index (χ0n) is 13.0. The third kappa shape index (κ3) is 3.03. The van der Waals surface area contributed by atoms with Crippen LogP contribution in [0.5, 0.6) is 5.75 Å². The highest BCUT2D eigenvalue weighted by atomic mass is 79.9. The second-order valence-electron chi connectivity index (χ2n) is 5.25. The van der Waals surface area contributed by atoms with Crippen molar-refractivity contribution in [3.8, 4) is 11.8 Å². The Kier molecular flexibility index (Phi) is 4.61. The summed E-state index contributed by atoms with van der Waals surface area (Å²) in [7, 11) is 1.57. The smallest absolute Gasteiger partial charge is 0.139 e. The van der Waals surface area contributed by atoms with Crippen LogP contribution in [-0.4, -0.2) is 12.1 Å². The minimum atomic E-state index is 0.470. The minimum absolute atomic E-state index is 0.470. The van der Waals surface area contributed by atoms with Gasteiger partial charge in [-0.1, -0.05) is 27.5 Å². The summed E-state index contributed by atoms with van der Waals surface area (Å²) < 4.78 is 6.22. The number of aromatic nitrogens is 1. The molecule has 0 aliphatic rings. The molecule has 3 rings (SSSR count). The van der Waals surface area contributed by atoms with Crippen LogP contribution in [0.15, 0.2) is 41.0 Å². The fourth-order valence-electron chi connectivity index (χ4n) is 2.46. The molecule has 1 aromatic heterocycles. The van der Waals surface area contributed by atoms with Crippen molar-refractivity contribution >= 4 is 49.8 Å². The Hall–Kier alpha value is -2.29. The molecular formula is C18H13BrClN3O. The van der Waals surface area contributed by atoms with Crippen LogP contribution in [0, 0.1) is 18.3 Å². The van der Waals surface area contributed by atoms with Crippen LogP contribution in [0.1, 0.15) is 11.1 Å². The topological polar surface area (TPSA) is 57.9 Å². The Labute approximate surface area is 153 Å². The number of anilines is 2. The van der Waals surface area contributed by atoms with E-state index >= 15 is 0 Å². The van der Waals surface area contributed by atoms with Crippen molar-refractivity contribution in [1.29, 1.82) is 5.26 Å². The molecule has 0 fully saturated rings. The van der Waals surface area contributed by atoms with Gasteiger partial charge in [-0.3, -0.25) is 4.98 Å². The Morgan fingerprint density at radius 2 is 2.08 bits per heavy atom. The normalized spacial score (nSPS) is 10.5. The fourth-order valence-corrected chi connectivity index (χ4v) is 3.11. The van der Waals surface area contributed by atoms with Crippen molar-refractivity contribution in [1.82, 2.24) is 4.98 Å². The number of halogens is 2. The van der Waals surface area contributed by atoms with Gasteiger partial charge in [-0.15, -0.1) is 0 Å². The van der Waals surface area contributed by atoms with E-state index in [2.05, 4.69) is 32.3 Å². The molecule has 1 heterocycles. The van der Waals surface area contributed by atoms with Crippen molar-refractivity contribution in [3.63, 3.8) is 0 Å². The largest absolute Gasteiger partial charge is 0.495 e. The summed E-state index contributed by atoms with van der Waals surface area (Å²) >= 11 is 9.60. The highest BCUT2D eigenvalue weighted by Crippen LogP contribution is 2.35. The number of nitrogens with zero attached hydrogens (tertiary/aromatic N) is 2. The fraction of sp³-hybridized carbons (Fsp3) is 0.111. The number of methoxy groups -OCH3 is 1. The van der Waals surface area contributed by atoms with Gasteiger partial charge in [-0.2, -0.15) is 5.26 Å². The lowest BCUT2D eigenvalue weighted by atomic mass is 10.1. The quantitative estimate of drug-likeness (QED) is 0.621. The van der Waals surface area contributed by atoms with Crippen LogP contribution in [0.4, 0.5) is 11.4 Å². The number of rotatable bonds is 3. The van der Waals surface area contributed by atoms with Crippen molar-refractivity contribution in [3.05, 3.63) is 57.2 Å². The Morgan fingerprint density at radius 1 is 1.29 bits per heavy atom. The van der Waals surface area contributed by atoms with Crippen LogP contribution < -0.4 is 10.1 Å². The first-order valence-corrected chi connectivity index (χ1v) is 8.30. The van der Waals surface area contributed by atoms with Crippen LogP contribution in [0.3, 0.4) is 0 Å². The minimum Gasteiger partial charge on any atom is -0.495 e. The monoisotopic (exact) mass is 401 g/mol. The summed E-state index contributed by atoms with van der Waals surface area (Å²) in [4.78, 5) is 4.35. The zero-order chi connectivity index (χ0) is 17.3. The van der Waals surface area contributed by atoms with Gasteiger partial charge < -0.3 is 10.1 Å². The molecule has 0 spiro atoms. The van der Waals surface area contributed by atoms with Gasteiger partial charge in [-0.25, -0.2) is 0 Å². The molecule has 0 atom stereocenters. The average molecular weight is 403 g/mol. The molecule has 0 saturated carbocycles. The van der Waals surface area contributed by atoms with E-state index in [1.54, 1.807) is 13.3 Å². The zero-order valence-corrected chi connectivity index (χ0v) is 15.4. The molecule has 3 aromatic rings. The first-order chi connectivity index (χ1) is 11.5. The number of aryl methyl sites for hydroxylation is 1. The van der Waals surface area contributed by atoms with Gasteiger partial charge in [-0.05, 0) is 36.8 Å². The van der Waals surface area contributed by atoms with Gasteiger partial charge in [0.1, 0.15) is 11.8 Å². The number of hydrogen-bond acceptors (Lipinski definition) is 4. The van der Waals surface area contributed by atoms with E-state index < -0.39 is 0 Å². The van der Waals surface area contributed by atoms with Gasteiger partial charge in [0.05, 0.1) is 28.9 Å². The summed E-state index contributed by atoms with van der Waals surface area (Å²) in [5, 5.41) is 14.2. The molecule has 0 saturated heterocycles. The molecule has 0 aliphatic heterocycles. The lowest BCUT2D eigenvalue weighted by molar-refractivity contribution is 0.415. The number of benzene rings is 2. The van der Waals surface area contributed by atoms with Gasteiger partial charge in [0.15, 0.2) is 0 Å². The summed E-state index contributed by atoms with van der Waals surface area (Å²) in [6.07, 6.45) is 1.57. The average Bonchev–Trinajstić information content (AvgIpc) is 2.57. The maximum atomic E-state index is 9.44. The van der Waals surface area contributed by atoms with Gasteiger partial charge >= 0.3 is 0 Å². The lowest BCUT2D eigenvalue weighted by Crippen LogP contribution is -1.99. The highest BCUT2D eigenvalue weighted by Gasteiger charge is 2.12. The van der Waals surface area contributed by atoms with Crippen molar-refractivity contribution in [2.45, 2.75) is 6.92 Å². The number of nitrogens with one attached hydrogen (secondary N) is 1. The van der Waals surface area contributed by atoms with Gasteiger partial charge in [0.2, 0.25) is 0 Å². The number of pyridine rings is 1. The summed E-state index contributed by atoms with van der Waals surface area (Å²) in [5.41, 5.74) is 3.75. The molecule has 6 heteroatoms. The maximum Gasteiger partial charge on any atom is 0.139 e. The van der Waals surface area contributed by atoms with Crippen LogP contribution in [-0.2, 0) is 0 Å². The molecule has 1 N–H and O–H groups in total. The molecule has 4 nitrogen and oxygen atoms in total. The second kappa shape index (κ2) is 6.68. The first kappa shape index (κ1) is 16.6. The van der Waals surface area contributed by atoms with E-state index in [-0.39, 0.29) is 0 Å². The molecule has 0 radical (unpaired) electrons. The third-order valence-corrected chi connectivity index (χ3v) is 4.50. The van der Waals surface area contributed by atoms with E-state index in [1.165, 1.54) is 0 Å². The van der Waals surface area contributed by atoms with Crippen molar-refractivity contribution in [2.24, 2.45) is 0 Å². The standard InChI is InChI=1S/C18H13BrClN3O/c1-10-5-14(20)17(24-2)7-15(10)23-18-11(8-21)9-22-16-6-12(19)3-4-13(16)18/h3-7,9H,1-2H3,(H,22,23).